The molecule has 1 atom stereocenters. The van der Waals surface area contributed by atoms with E-state index in [0.29, 0.717) is 22.2 Å². The zero-order valence-corrected chi connectivity index (χ0v) is 17.5. The number of hydrogen-bond acceptors (Lipinski definition) is 5. The molecule has 2 amide bonds. The first-order chi connectivity index (χ1) is 14.2. The third kappa shape index (κ3) is 4.20. The van der Waals surface area contributed by atoms with E-state index in [1.54, 1.807) is 13.1 Å². The molecule has 8 nitrogen and oxygen atoms in total. The third-order valence-corrected chi connectivity index (χ3v) is 4.86. The number of ether oxygens (including phenoxy) is 1. The number of carbonyl (C=O) groups is 1. The monoisotopic (exact) mass is 415 g/mol. The highest BCUT2D eigenvalue weighted by molar-refractivity contribution is 6.11. The highest BCUT2D eigenvalue weighted by Gasteiger charge is 2.18. The van der Waals surface area contributed by atoms with Gasteiger partial charge in [-0.1, -0.05) is 13.8 Å². The molecule has 0 aliphatic rings. The second kappa shape index (κ2) is 8.66. The maximum atomic E-state index is 14.8. The maximum Gasteiger partial charge on any atom is 0.320 e. The number of nitrogens with one attached hydrogen (secondary N) is 2. The van der Waals surface area contributed by atoms with Gasteiger partial charge in [-0.2, -0.15) is 0 Å². The summed E-state index contributed by atoms with van der Waals surface area (Å²) in [4.78, 5) is 28.8. The predicted molar refractivity (Wildman–Crippen MR) is 115 cm³/mol. The number of rotatable bonds is 6. The standard InChI is InChI=1S/C21H26FN5O3/c1-11(2)7-12(23)10-30-17-9-16-14(8-15(17)22)13-5-6-25-19(26-21(29)24-3)18(13)20(28)27(16)4/h5-6,8-9,11-12H,7,10,23H2,1-4H3,(H2,24,25,26,29)/t12-/m0/s1. The molecule has 0 aliphatic heterocycles. The number of carbonyl (C=O) groups excluding carboxylic acids is 1. The molecule has 2 aromatic heterocycles. The molecule has 0 bridgehead atoms. The van der Waals surface area contributed by atoms with Gasteiger partial charge in [-0.05, 0) is 24.5 Å². The van der Waals surface area contributed by atoms with Gasteiger partial charge in [0.1, 0.15) is 12.4 Å². The molecular weight excluding hydrogens is 389 g/mol. The highest BCUT2D eigenvalue weighted by Crippen LogP contribution is 2.30. The van der Waals surface area contributed by atoms with Crippen LogP contribution in [-0.2, 0) is 7.05 Å². The molecule has 160 valence electrons. The van der Waals surface area contributed by atoms with E-state index in [-0.39, 0.29) is 35.2 Å². The number of nitrogens with two attached hydrogens (primary N) is 1. The lowest BCUT2D eigenvalue weighted by Crippen LogP contribution is -2.29. The molecule has 1 aromatic carbocycles. The smallest absolute Gasteiger partial charge is 0.320 e. The summed E-state index contributed by atoms with van der Waals surface area (Å²) in [6, 6.07) is 3.71. The van der Waals surface area contributed by atoms with E-state index in [4.69, 9.17) is 10.5 Å². The minimum absolute atomic E-state index is 0.0359. The summed E-state index contributed by atoms with van der Waals surface area (Å²) in [5, 5.41) is 6.14. The van der Waals surface area contributed by atoms with Crippen LogP contribution in [0.15, 0.2) is 29.2 Å². The first kappa shape index (κ1) is 21.5. The van der Waals surface area contributed by atoms with E-state index in [2.05, 4.69) is 29.5 Å². The molecule has 0 fully saturated rings. The van der Waals surface area contributed by atoms with E-state index in [0.717, 1.165) is 6.42 Å². The Labute approximate surface area is 173 Å². The van der Waals surface area contributed by atoms with Gasteiger partial charge >= 0.3 is 6.03 Å². The van der Waals surface area contributed by atoms with E-state index < -0.39 is 11.8 Å². The van der Waals surface area contributed by atoms with Gasteiger partial charge in [0.15, 0.2) is 11.6 Å². The molecule has 0 aliphatic carbocycles. The molecule has 9 heteroatoms. The summed E-state index contributed by atoms with van der Waals surface area (Å²) in [5.41, 5.74) is 6.16. The molecule has 0 saturated heterocycles. The molecule has 0 unspecified atom stereocenters. The number of fused-ring (bicyclic) bond motifs is 3. The fourth-order valence-corrected chi connectivity index (χ4v) is 3.46. The summed E-state index contributed by atoms with van der Waals surface area (Å²) in [7, 11) is 3.03. The summed E-state index contributed by atoms with van der Waals surface area (Å²) in [5.74, 6) is -0.0103. The van der Waals surface area contributed by atoms with Gasteiger partial charge in [-0.15, -0.1) is 0 Å². The van der Waals surface area contributed by atoms with Crippen molar-refractivity contribution in [3.05, 3.63) is 40.6 Å². The van der Waals surface area contributed by atoms with Gasteiger partial charge in [-0.25, -0.2) is 14.2 Å². The molecule has 4 N–H and O–H groups in total. The van der Waals surface area contributed by atoms with Gasteiger partial charge in [0.2, 0.25) is 0 Å². The SMILES string of the molecule is CNC(=O)Nc1nccc2c1c(=O)n(C)c1cc(OC[C@@H](N)CC(C)C)c(F)cc21. The minimum atomic E-state index is -0.559. The first-order valence-corrected chi connectivity index (χ1v) is 9.71. The Morgan fingerprint density at radius 1 is 1.33 bits per heavy atom. The van der Waals surface area contributed by atoms with Gasteiger partial charge in [-0.3, -0.25) is 10.1 Å². The van der Waals surface area contributed by atoms with Crippen LogP contribution in [0.25, 0.3) is 21.7 Å². The second-order valence-electron chi connectivity index (χ2n) is 7.65. The number of urea groups is 1. The predicted octanol–water partition coefficient (Wildman–Crippen LogP) is 2.73. The molecule has 0 spiro atoms. The lowest BCUT2D eigenvalue weighted by Gasteiger charge is -2.17. The van der Waals surface area contributed by atoms with Crippen molar-refractivity contribution in [1.82, 2.24) is 14.9 Å². The van der Waals surface area contributed by atoms with Crippen LogP contribution in [0.1, 0.15) is 20.3 Å². The molecule has 3 aromatic rings. The van der Waals surface area contributed by atoms with Crippen LogP contribution in [0, 0.1) is 11.7 Å². The van der Waals surface area contributed by atoms with Crippen LogP contribution >= 0.6 is 0 Å². The van der Waals surface area contributed by atoms with Crippen LogP contribution in [0.4, 0.5) is 15.0 Å². The van der Waals surface area contributed by atoms with Gasteiger partial charge in [0, 0.05) is 43.2 Å². The van der Waals surface area contributed by atoms with Crippen molar-refractivity contribution < 1.29 is 13.9 Å². The molecule has 0 radical (unpaired) electrons. The normalized spacial score (nSPS) is 12.4. The molecular formula is C21H26FN5O3. The van der Waals surface area contributed by atoms with Crippen molar-refractivity contribution >= 4 is 33.5 Å². The molecule has 0 saturated carbocycles. The number of halogens is 1. The summed E-state index contributed by atoms with van der Waals surface area (Å²) in [6.07, 6.45) is 2.21. The Kier molecular flexibility index (Phi) is 6.21. The number of aryl methyl sites for hydroxylation is 1. The van der Waals surface area contributed by atoms with Gasteiger partial charge in [0.25, 0.3) is 5.56 Å². The van der Waals surface area contributed by atoms with E-state index in [1.165, 1.54) is 29.9 Å². The number of nitrogens with zero attached hydrogens (tertiary/aromatic N) is 2. The van der Waals surface area contributed by atoms with Crippen LogP contribution in [0.5, 0.6) is 5.75 Å². The minimum Gasteiger partial charge on any atom is -0.489 e. The molecule has 2 heterocycles. The number of pyridine rings is 2. The Morgan fingerprint density at radius 3 is 2.73 bits per heavy atom. The van der Waals surface area contributed by atoms with E-state index >= 15 is 0 Å². The second-order valence-corrected chi connectivity index (χ2v) is 7.65. The summed E-state index contributed by atoms with van der Waals surface area (Å²) in [6.45, 7) is 4.28. The van der Waals surface area contributed by atoms with E-state index in [9.17, 15) is 14.0 Å². The summed E-state index contributed by atoms with van der Waals surface area (Å²) < 4.78 is 21.8. The Bertz CT molecular complexity index is 1160. The number of anilines is 1. The Hall–Kier alpha value is -3.20. The van der Waals surface area contributed by atoms with Crippen molar-refractivity contribution in [2.45, 2.75) is 26.3 Å². The van der Waals surface area contributed by atoms with Crippen LogP contribution in [0.2, 0.25) is 0 Å². The van der Waals surface area contributed by atoms with Gasteiger partial charge in [0.05, 0.1) is 10.9 Å². The fourth-order valence-electron chi connectivity index (χ4n) is 3.46. The number of benzene rings is 1. The van der Waals surface area contributed by atoms with E-state index in [1.807, 2.05) is 0 Å². The fraction of sp³-hybridized carbons (Fsp3) is 0.381. The van der Waals surface area contributed by atoms with Crippen molar-refractivity contribution in [2.24, 2.45) is 18.7 Å². The Balaban J connectivity index is 2.11. The Morgan fingerprint density at radius 2 is 2.07 bits per heavy atom. The number of hydrogen-bond donors (Lipinski definition) is 3. The van der Waals surface area contributed by atoms with Crippen LogP contribution in [-0.4, -0.2) is 35.3 Å². The van der Waals surface area contributed by atoms with Crippen molar-refractivity contribution in [3.8, 4) is 5.75 Å². The van der Waals surface area contributed by atoms with Crippen molar-refractivity contribution in [2.75, 3.05) is 19.0 Å². The van der Waals surface area contributed by atoms with Crippen LogP contribution in [0.3, 0.4) is 0 Å². The highest BCUT2D eigenvalue weighted by atomic mass is 19.1. The third-order valence-electron chi connectivity index (χ3n) is 4.86. The molecule has 30 heavy (non-hydrogen) atoms. The lowest BCUT2D eigenvalue weighted by atomic mass is 10.1. The molecule has 3 rings (SSSR count). The average Bonchev–Trinajstić information content (AvgIpc) is 2.70. The zero-order chi connectivity index (χ0) is 22.0. The van der Waals surface area contributed by atoms with Crippen molar-refractivity contribution in [1.29, 1.82) is 0 Å². The maximum absolute atomic E-state index is 14.8. The van der Waals surface area contributed by atoms with Crippen LogP contribution < -0.4 is 26.7 Å². The number of amides is 2. The topological polar surface area (TPSA) is 111 Å². The largest absolute Gasteiger partial charge is 0.489 e. The number of aromatic nitrogens is 2. The lowest BCUT2D eigenvalue weighted by molar-refractivity contribution is 0.254. The zero-order valence-electron chi connectivity index (χ0n) is 17.5. The quantitative estimate of drug-likeness (QED) is 0.536. The summed E-state index contributed by atoms with van der Waals surface area (Å²) >= 11 is 0. The van der Waals surface area contributed by atoms with Crippen molar-refractivity contribution in [3.63, 3.8) is 0 Å². The van der Waals surface area contributed by atoms with Gasteiger partial charge < -0.3 is 20.4 Å². The first-order valence-electron chi connectivity index (χ1n) is 9.71. The average molecular weight is 415 g/mol.